The van der Waals surface area contributed by atoms with E-state index >= 15 is 0 Å². The van der Waals surface area contributed by atoms with Crippen LogP contribution >= 0.6 is 0 Å². The number of likely N-dealkylation sites (N-methyl/N-ethyl adjacent to an activating group) is 1. The number of hydrogen-bond donors (Lipinski definition) is 3. The Morgan fingerprint density at radius 2 is 1.57 bits per heavy atom. The molecule has 0 bridgehead atoms. The molecule has 0 radical (unpaired) electrons. The molecular formula is C23H26BBrN2O3. The van der Waals surface area contributed by atoms with E-state index in [0.717, 1.165) is 22.4 Å². The van der Waals surface area contributed by atoms with Crippen LogP contribution in [0.2, 0.25) is 0 Å². The van der Waals surface area contributed by atoms with Crippen LogP contribution in [0.4, 0.5) is 5.69 Å². The fourth-order valence-corrected chi connectivity index (χ4v) is 3.06. The monoisotopic (exact) mass is 468 g/mol. The molecule has 0 fully saturated rings. The van der Waals surface area contributed by atoms with Crippen molar-refractivity contribution in [1.82, 2.24) is 0 Å². The van der Waals surface area contributed by atoms with Crippen LogP contribution in [0.25, 0.3) is 12.2 Å². The average molecular weight is 469 g/mol. The van der Waals surface area contributed by atoms with Crippen molar-refractivity contribution in [2.45, 2.75) is 6.54 Å². The Morgan fingerprint density at radius 3 is 2.17 bits per heavy atom. The molecule has 0 aliphatic heterocycles. The van der Waals surface area contributed by atoms with Gasteiger partial charge < -0.3 is 37.0 Å². The van der Waals surface area contributed by atoms with Crippen LogP contribution < -0.4 is 31.9 Å². The van der Waals surface area contributed by atoms with E-state index in [4.69, 9.17) is 5.11 Å². The summed E-state index contributed by atoms with van der Waals surface area (Å²) in [5.41, 5.74) is 4.80. The largest absolute Gasteiger partial charge is 1.00 e. The molecule has 0 amide bonds. The SMILES string of the molecule is CN(CCO)c1ccc(C=Cc2cc[n+](Cc3cccc(B(O)O)c3)cc2)cc1.[Br-]. The van der Waals surface area contributed by atoms with Gasteiger partial charge in [0.15, 0.2) is 18.9 Å². The Morgan fingerprint density at radius 1 is 0.933 bits per heavy atom. The second-order valence-electron chi connectivity index (χ2n) is 6.99. The molecule has 30 heavy (non-hydrogen) atoms. The third-order valence-electron chi connectivity index (χ3n) is 4.77. The lowest BCUT2D eigenvalue weighted by Crippen LogP contribution is -3.00. The molecule has 0 spiro atoms. The van der Waals surface area contributed by atoms with Crippen molar-refractivity contribution in [1.29, 1.82) is 0 Å². The van der Waals surface area contributed by atoms with E-state index in [2.05, 4.69) is 24.3 Å². The van der Waals surface area contributed by atoms with Crippen LogP contribution in [-0.4, -0.2) is 42.5 Å². The topological polar surface area (TPSA) is 67.8 Å². The molecular weight excluding hydrogens is 443 g/mol. The molecule has 7 heteroatoms. The van der Waals surface area contributed by atoms with Crippen molar-refractivity contribution < 1.29 is 36.7 Å². The van der Waals surface area contributed by atoms with Gasteiger partial charge in [0.25, 0.3) is 0 Å². The zero-order valence-electron chi connectivity index (χ0n) is 16.9. The van der Waals surface area contributed by atoms with Crippen LogP contribution in [0.15, 0.2) is 73.1 Å². The highest BCUT2D eigenvalue weighted by molar-refractivity contribution is 6.58. The number of anilines is 1. The summed E-state index contributed by atoms with van der Waals surface area (Å²) in [5.74, 6) is 0. The first-order chi connectivity index (χ1) is 14.0. The maximum Gasteiger partial charge on any atom is 0.488 e. The maximum absolute atomic E-state index is 9.30. The summed E-state index contributed by atoms with van der Waals surface area (Å²) < 4.78 is 2.05. The van der Waals surface area contributed by atoms with Gasteiger partial charge in [0, 0.05) is 37.0 Å². The Hall–Kier alpha value is -2.45. The molecule has 0 saturated carbocycles. The zero-order chi connectivity index (χ0) is 20.6. The summed E-state index contributed by atoms with van der Waals surface area (Å²) in [6.07, 6.45) is 8.16. The van der Waals surface area contributed by atoms with Crippen LogP contribution in [0.3, 0.4) is 0 Å². The Kier molecular flexibility index (Phi) is 9.27. The molecule has 1 heterocycles. The number of nitrogens with zero attached hydrogens (tertiary/aromatic N) is 2. The van der Waals surface area contributed by atoms with Crippen LogP contribution in [0.5, 0.6) is 0 Å². The first-order valence-corrected chi connectivity index (χ1v) is 9.59. The lowest BCUT2D eigenvalue weighted by Gasteiger charge is -2.17. The highest BCUT2D eigenvalue weighted by Crippen LogP contribution is 2.15. The van der Waals surface area contributed by atoms with Gasteiger partial charge in [-0.15, -0.1) is 0 Å². The third-order valence-corrected chi connectivity index (χ3v) is 4.77. The maximum atomic E-state index is 9.30. The molecule has 0 atom stereocenters. The lowest BCUT2D eigenvalue weighted by molar-refractivity contribution is -0.688. The number of benzene rings is 2. The predicted molar refractivity (Wildman–Crippen MR) is 118 cm³/mol. The predicted octanol–water partition coefficient (Wildman–Crippen LogP) is -1.69. The van der Waals surface area contributed by atoms with Gasteiger partial charge in [-0.25, -0.2) is 4.57 Å². The fourth-order valence-electron chi connectivity index (χ4n) is 3.06. The minimum atomic E-state index is -1.45. The number of hydrogen-bond acceptors (Lipinski definition) is 4. The van der Waals surface area contributed by atoms with Crippen molar-refractivity contribution in [3.63, 3.8) is 0 Å². The minimum Gasteiger partial charge on any atom is -1.00 e. The summed E-state index contributed by atoms with van der Waals surface area (Å²) in [6, 6.07) is 19.6. The van der Waals surface area contributed by atoms with Crippen molar-refractivity contribution in [2.75, 3.05) is 25.1 Å². The third kappa shape index (κ3) is 6.81. The van der Waals surface area contributed by atoms with Gasteiger partial charge in [-0.05, 0) is 28.7 Å². The van der Waals surface area contributed by atoms with E-state index in [0.29, 0.717) is 18.6 Å². The number of halogens is 1. The van der Waals surface area contributed by atoms with Gasteiger partial charge in [0.2, 0.25) is 0 Å². The summed E-state index contributed by atoms with van der Waals surface area (Å²) in [4.78, 5) is 2.01. The zero-order valence-corrected chi connectivity index (χ0v) is 18.5. The van der Waals surface area contributed by atoms with Gasteiger partial charge in [-0.2, -0.15) is 0 Å². The first-order valence-electron chi connectivity index (χ1n) is 9.59. The number of aromatic nitrogens is 1. The van der Waals surface area contributed by atoms with Gasteiger partial charge in [-0.3, -0.25) is 0 Å². The normalized spacial score (nSPS) is 10.7. The van der Waals surface area contributed by atoms with Crippen LogP contribution in [0.1, 0.15) is 16.7 Å². The Bertz CT molecular complexity index is 947. The van der Waals surface area contributed by atoms with E-state index < -0.39 is 7.12 Å². The summed E-state index contributed by atoms with van der Waals surface area (Å²) >= 11 is 0. The Balaban J connectivity index is 0.00000320. The molecule has 0 unspecified atom stereocenters. The number of aliphatic hydroxyl groups is 1. The minimum absolute atomic E-state index is 0. The lowest BCUT2D eigenvalue weighted by atomic mass is 9.79. The first kappa shape index (κ1) is 23.8. The van der Waals surface area contributed by atoms with E-state index in [-0.39, 0.29) is 23.6 Å². The molecule has 3 N–H and O–H groups in total. The highest BCUT2D eigenvalue weighted by atomic mass is 79.9. The van der Waals surface area contributed by atoms with E-state index in [1.165, 1.54) is 0 Å². The smallest absolute Gasteiger partial charge is 0.488 e. The van der Waals surface area contributed by atoms with Crippen molar-refractivity contribution >= 4 is 30.4 Å². The fraction of sp³-hybridized carbons (Fsp3) is 0.174. The quantitative estimate of drug-likeness (QED) is 0.272. The molecule has 3 rings (SSSR count). The highest BCUT2D eigenvalue weighted by Gasteiger charge is 2.12. The molecule has 5 nitrogen and oxygen atoms in total. The molecule has 0 aliphatic carbocycles. The molecule has 156 valence electrons. The van der Waals surface area contributed by atoms with Crippen molar-refractivity contribution in [3.05, 3.63) is 89.7 Å². The summed E-state index contributed by atoms with van der Waals surface area (Å²) in [7, 11) is 0.513. The standard InChI is InChI=1S/C23H26BN2O3.BrH/c1-25(15-16-27)23-9-7-19(8-10-23)5-6-20-11-13-26(14-12-20)18-21-3-2-4-22(17-21)24(28)29;/h2-14,17,27-29H,15-16,18H2,1H3;1H/q+1;/p-1. The molecule has 0 saturated heterocycles. The van der Waals surface area contributed by atoms with Crippen LogP contribution in [-0.2, 0) is 6.54 Å². The van der Waals surface area contributed by atoms with Crippen molar-refractivity contribution in [2.24, 2.45) is 0 Å². The number of rotatable bonds is 8. The summed E-state index contributed by atoms with van der Waals surface area (Å²) in [5, 5.41) is 27.6. The second-order valence-corrected chi connectivity index (χ2v) is 6.99. The average Bonchev–Trinajstić information content (AvgIpc) is 2.74. The van der Waals surface area contributed by atoms with E-state index in [1.807, 2.05) is 65.3 Å². The van der Waals surface area contributed by atoms with Gasteiger partial charge in [0.1, 0.15) is 0 Å². The van der Waals surface area contributed by atoms with Crippen LogP contribution in [0, 0.1) is 0 Å². The summed E-state index contributed by atoms with van der Waals surface area (Å²) in [6.45, 7) is 1.42. The molecule has 1 aromatic heterocycles. The molecule has 2 aromatic carbocycles. The Labute approximate surface area is 188 Å². The van der Waals surface area contributed by atoms with E-state index in [1.54, 1.807) is 12.1 Å². The molecule has 0 aliphatic rings. The van der Waals surface area contributed by atoms with Gasteiger partial charge >= 0.3 is 7.12 Å². The molecule has 3 aromatic rings. The number of pyridine rings is 1. The van der Waals surface area contributed by atoms with Gasteiger partial charge in [-0.1, -0.05) is 48.6 Å². The second kappa shape index (κ2) is 11.7. The van der Waals surface area contributed by atoms with Gasteiger partial charge in [0.05, 0.1) is 6.61 Å². The number of aliphatic hydroxyl groups excluding tert-OH is 1. The van der Waals surface area contributed by atoms with E-state index in [9.17, 15) is 10.0 Å². The van der Waals surface area contributed by atoms with Crippen molar-refractivity contribution in [3.8, 4) is 0 Å².